The topological polar surface area (TPSA) is 68.3 Å². The van der Waals surface area contributed by atoms with Crippen LogP contribution in [0, 0.1) is 6.92 Å². The monoisotopic (exact) mass is 400 g/mol. The molecule has 3 aromatic rings. The SMILES string of the molecule is Cc1ccccc1NC(=O)Cc1nc(COC(=O)CCc2cccs2)cs1. The summed E-state index contributed by atoms with van der Waals surface area (Å²) in [5.74, 6) is -0.353. The zero-order chi connectivity index (χ0) is 19.1. The number of aromatic nitrogens is 1. The second-order valence-electron chi connectivity index (χ2n) is 6.01. The summed E-state index contributed by atoms with van der Waals surface area (Å²) in [6.45, 7) is 2.09. The van der Waals surface area contributed by atoms with Gasteiger partial charge in [-0.05, 0) is 36.4 Å². The molecule has 1 amide bonds. The quantitative estimate of drug-likeness (QED) is 0.570. The van der Waals surface area contributed by atoms with Crippen molar-refractivity contribution in [3.05, 3.63) is 68.3 Å². The average Bonchev–Trinajstić information content (AvgIpc) is 3.32. The summed E-state index contributed by atoms with van der Waals surface area (Å²) >= 11 is 3.03. The molecular weight excluding hydrogens is 380 g/mol. The van der Waals surface area contributed by atoms with Crippen molar-refractivity contribution in [1.82, 2.24) is 4.98 Å². The maximum absolute atomic E-state index is 12.2. The Bertz CT molecular complexity index is 904. The fourth-order valence-corrected chi connectivity index (χ4v) is 3.93. The number of thiophene rings is 1. The van der Waals surface area contributed by atoms with E-state index in [1.807, 2.05) is 54.1 Å². The minimum Gasteiger partial charge on any atom is -0.459 e. The molecule has 7 heteroatoms. The molecule has 3 rings (SSSR count). The Morgan fingerprint density at radius 2 is 2.00 bits per heavy atom. The number of rotatable bonds is 8. The number of esters is 1. The molecule has 27 heavy (non-hydrogen) atoms. The van der Waals surface area contributed by atoms with Crippen molar-refractivity contribution in [3.8, 4) is 0 Å². The van der Waals surface area contributed by atoms with Gasteiger partial charge < -0.3 is 10.1 Å². The number of hydrogen-bond donors (Lipinski definition) is 1. The van der Waals surface area contributed by atoms with Gasteiger partial charge in [0, 0.05) is 15.9 Å². The molecule has 0 spiro atoms. The molecule has 0 aliphatic rings. The van der Waals surface area contributed by atoms with E-state index in [9.17, 15) is 9.59 Å². The first-order valence-electron chi connectivity index (χ1n) is 8.57. The van der Waals surface area contributed by atoms with E-state index < -0.39 is 0 Å². The molecule has 0 atom stereocenters. The maximum Gasteiger partial charge on any atom is 0.306 e. The van der Waals surface area contributed by atoms with Crippen LogP contribution in [0.5, 0.6) is 0 Å². The van der Waals surface area contributed by atoms with Gasteiger partial charge in [0.05, 0.1) is 18.5 Å². The molecule has 2 aromatic heterocycles. The van der Waals surface area contributed by atoms with Crippen LogP contribution < -0.4 is 5.32 Å². The number of amides is 1. The number of para-hydroxylation sites is 1. The van der Waals surface area contributed by atoms with Crippen LogP contribution in [0.2, 0.25) is 0 Å². The van der Waals surface area contributed by atoms with Gasteiger partial charge in [-0.15, -0.1) is 22.7 Å². The molecule has 0 saturated carbocycles. The van der Waals surface area contributed by atoms with Gasteiger partial charge in [-0.3, -0.25) is 9.59 Å². The normalized spacial score (nSPS) is 10.6. The lowest BCUT2D eigenvalue weighted by Crippen LogP contribution is -2.15. The van der Waals surface area contributed by atoms with E-state index in [0.29, 0.717) is 23.5 Å². The van der Waals surface area contributed by atoms with Gasteiger partial charge in [-0.2, -0.15) is 0 Å². The predicted octanol–water partition coefficient (Wildman–Crippen LogP) is 4.37. The molecule has 0 unspecified atom stereocenters. The number of ether oxygens (including phenoxy) is 1. The third-order valence-electron chi connectivity index (χ3n) is 3.87. The number of aryl methyl sites for hydroxylation is 2. The van der Waals surface area contributed by atoms with Crippen LogP contribution in [0.3, 0.4) is 0 Å². The summed E-state index contributed by atoms with van der Waals surface area (Å²) in [7, 11) is 0. The van der Waals surface area contributed by atoms with Gasteiger partial charge >= 0.3 is 5.97 Å². The molecule has 140 valence electrons. The Balaban J connectivity index is 1.43. The fourth-order valence-electron chi connectivity index (χ4n) is 2.45. The Kier molecular flexibility index (Phi) is 6.73. The van der Waals surface area contributed by atoms with Crippen LogP contribution in [0.1, 0.15) is 27.6 Å². The van der Waals surface area contributed by atoms with Gasteiger partial charge in [0.15, 0.2) is 0 Å². The van der Waals surface area contributed by atoms with Crippen LogP contribution in [0.4, 0.5) is 5.69 Å². The van der Waals surface area contributed by atoms with E-state index in [-0.39, 0.29) is 24.9 Å². The molecule has 0 fully saturated rings. The molecule has 0 aliphatic carbocycles. The largest absolute Gasteiger partial charge is 0.459 e. The zero-order valence-electron chi connectivity index (χ0n) is 14.9. The van der Waals surface area contributed by atoms with E-state index >= 15 is 0 Å². The Morgan fingerprint density at radius 3 is 2.78 bits per heavy atom. The van der Waals surface area contributed by atoms with Gasteiger partial charge in [0.2, 0.25) is 5.91 Å². The van der Waals surface area contributed by atoms with Gasteiger partial charge in [0.1, 0.15) is 11.6 Å². The maximum atomic E-state index is 12.2. The predicted molar refractivity (Wildman–Crippen MR) is 108 cm³/mol. The Labute approximate surface area is 166 Å². The van der Waals surface area contributed by atoms with Crippen LogP contribution in [-0.2, 0) is 33.8 Å². The van der Waals surface area contributed by atoms with Crippen LogP contribution >= 0.6 is 22.7 Å². The number of hydrogen-bond acceptors (Lipinski definition) is 6. The highest BCUT2D eigenvalue weighted by atomic mass is 32.1. The minimum absolute atomic E-state index is 0.113. The van der Waals surface area contributed by atoms with Crippen molar-refractivity contribution >= 4 is 40.2 Å². The van der Waals surface area contributed by atoms with E-state index in [1.165, 1.54) is 16.2 Å². The number of nitrogens with zero attached hydrogens (tertiary/aromatic N) is 1. The lowest BCUT2D eigenvalue weighted by Gasteiger charge is -2.06. The van der Waals surface area contributed by atoms with Gasteiger partial charge in [-0.25, -0.2) is 4.98 Å². The molecule has 0 saturated heterocycles. The van der Waals surface area contributed by atoms with Gasteiger partial charge in [0.25, 0.3) is 0 Å². The molecule has 0 bridgehead atoms. The molecule has 1 N–H and O–H groups in total. The highest BCUT2D eigenvalue weighted by molar-refractivity contribution is 7.10. The van der Waals surface area contributed by atoms with Crippen LogP contribution in [-0.4, -0.2) is 16.9 Å². The lowest BCUT2D eigenvalue weighted by atomic mass is 10.2. The van der Waals surface area contributed by atoms with Crippen LogP contribution in [0.25, 0.3) is 0 Å². The summed E-state index contributed by atoms with van der Waals surface area (Å²) in [4.78, 5) is 29.6. The van der Waals surface area contributed by atoms with Crippen molar-refractivity contribution in [1.29, 1.82) is 0 Å². The summed E-state index contributed by atoms with van der Waals surface area (Å²) in [6, 6.07) is 11.6. The zero-order valence-corrected chi connectivity index (χ0v) is 16.6. The van der Waals surface area contributed by atoms with E-state index in [0.717, 1.165) is 11.3 Å². The van der Waals surface area contributed by atoms with E-state index in [2.05, 4.69) is 10.3 Å². The molecule has 1 aromatic carbocycles. The first kappa shape index (κ1) is 19.3. The molecular formula is C20H20N2O3S2. The molecule has 2 heterocycles. The number of thiazole rings is 1. The standard InChI is InChI=1S/C20H20N2O3S2/c1-14-5-2-3-7-17(14)22-18(23)11-19-21-15(13-27-19)12-25-20(24)9-8-16-6-4-10-26-16/h2-7,10,13H,8-9,11-12H2,1H3,(H,22,23). The highest BCUT2D eigenvalue weighted by Gasteiger charge is 2.11. The summed E-state index contributed by atoms with van der Waals surface area (Å²) in [5.41, 5.74) is 2.49. The summed E-state index contributed by atoms with van der Waals surface area (Å²) < 4.78 is 5.27. The van der Waals surface area contributed by atoms with E-state index in [1.54, 1.807) is 11.3 Å². The van der Waals surface area contributed by atoms with E-state index in [4.69, 9.17) is 4.74 Å². The van der Waals surface area contributed by atoms with Crippen molar-refractivity contribution in [2.24, 2.45) is 0 Å². The smallest absolute Gasteiger partial charge is 0.306 e. The van der Waals surface area contributed by atoms with Gasteiger partial charge in [-0.1, -0.05) is 24.3 Å². The van der Waals surface area contributed by atoms with Crippen molar-refractivity contribution < 1.29 is 14.3 Å². The summed E-state index contributed by atoms with van der Waals surface area (Å²) in [6.07, 6.45) is 1.25. The Hall–Kier alpha value is -2.51. The number of anilines is 1. The number of carbonyl (C=O) groups excluding carboxylic acids is 2. The number of carbonyl (C=O) groups is 2. The third kappa shape index (κ3) is 6.01. The average molecular weight is 401 g/mol. The second-order valence-corrected chi connectivity index (χ2v) is 7.99. The Morgan fingerprint density at radius 1 is 1.15 bits per heavy atom. The van der Waals surface area contributed by atoms with Crippen molar-refractivity contribution in [3.63, 3.8) is 0 Å². The molecule has 5 nitrogen and oxygen atoms in total. The van der Waals surface area contributed by atoms with Crippen molar-refractivity contribution in [2.75, 3.05) is 5.32 Å². The highest BCUT2D eigenvalue weighted by Crippen LogP contribution is 2.16. The molecule has 0 radical (unpaired) electrons. The fraction of sp³-hybridized carbons (Fsp3) is 0.250. The number of nitrogens with one attached hydrogen (secondary N) is 1. The lowest BCUT2D eigenvalue weighted by molar-refractivity contribution is -0.145. The second kappa shape index (κ2) is 9.43. The first-order valence-corrected chi connectivity index (χ1v) is 10.3. The minimum atomic E-state index is -0.241. The summed E-state index contributed by atoms with van der Waals surface area (Å²) in [5, 5.41) is 7.41. The third-order valence-corrected chi connectivity index (χ3v) is 5.70. The number of benzene rings is 1. The van der Waals surface area contributed by atoms with Crippen LogP contribution in [0.15, 0.2) is 47.2 Å². The first-order chi connectivity index (χ1) is 13.1. The molecule has 0 aliphatic heterocycles. The van der Waals surface area contributed by atoms with Crippen molar-refractivity contribution in [2.45, 2.75) is 32.8 Å².